The average molecular weight is 444 g/mol. The molecule has 162 valence electrons. The van der Waals surface area contributed by atoms with Gasteiger partial charge in [-0.25, -0.2) is 0 Å². The van der Waals surface area contributed by atoms with Crippen LogP contribution in [-0.4, -0.2) is 53.2 Å². The first kappa shape index (κ1) is 21.2. The molecular weight excluding hydrogens is 422 g/mol. The molecule has 2 aromatic rings. The van der Waals surface area contributed by atoms with E-state index in [4.69, 9.17) is 21.1 Å². The fourth-order valence-corrected chi connectivity index (χ4v) is 4.24. The molecule has 7 nitrogen and oxygen atoms in total. The standard InChI is InChI=1S/C23H22ClNO6/c1-30-18-11-14(6-9-17(18)24)21(27)19-20(13-4-7-15(26)8-5-13)25(23(29)22(19)28)12-16-3-2-10-31-16/h4-9,11,16,20,26-27H,2-3,10,12H2,1H3/b21-19-. The summed E-state index contributed by atoms with van der Waals surface area (Å²) in [5.74, 6) is -1.40. The number of benzene rings is 2. The number of methoxy groups -OCH3 is 1. The van der Waals surface area contributed by atoms with E-state index < -0.39 is 17.7 Å². The number of ketones is 1. The largest absolute Gasteiger partial charge is 0.508 e. The van der Waals surface area contributed by atoms with Gasteiger partial charge in [0.15, 0.2) is 0 Å². The Morgan fingerprint density at radius 1 is 1.23 bits per heavy atom. The summed E-state index contributed by atoms with van der Waals surface area (Å²) in [5.41, 5.74) is 0.871. The van der Waals surface area contributed by atoms with Crippen molar-refractivity contribution in [2.75, 3.05) is 20.3 Å². The molecule has 2 heterocycles. The van der Waals surface area contributed by atoms with Crippen LogP contribution < -0.4 is 4.74 Å². The number of halogens is 1. The molecule has 2 N–H and O–H groups in total. The van der Waals surface area contributed by atoms with E-state index >= 15 is 0 Å². The minimum absolute atomic E-state index is 0.0296. The Balaban J connectivity index is 1.83. The third-order valence-corrected chi connectivity index (χ3v) is 5.91. The molecule has 2 unspecified atom stereocenters. The van der Waals surface area contributed by atoms with Crippen LogP contribution in [0, 0.1) is 0 Å². The van der Waals surface area contributed by atoms with Gasteiger partial charge in [-0.3, -0.25) is 9.59 Å². The Labute approximate surface area is 184 Å². The van der Waals surface area contributed by atoms with Crippen molar-refractivity contribution in [3.05, 3.63) is 64.2 Å². The highest BCUT2D eigenvalue weighted by Crippen LogP contribution is 2.41. The number of aliphatic hydroxyl groups excluding tert-OH is 1. The number of likely N-dealkylation sites (tertiary alicyclic amines) is 1. The van der Waals surface area contributed by atoms with Gasteiger partial charge in [-0.05, 0) is 48.7 Å². The second-order valence-electron chi connectivity index (χ2n) is 7.53. The van der Waals surface area contributed by atoms with Crippen LogP contribution in [0.2, 0.25) is 5.02 Å². The molecule has 2 atom stereocenters. The summed E-state index contributed by atoms with van der Waals surface area (Å²) in [7, 11) is 1.45. The van der Waals surface area contributed by atoms with Gasteiger partial charge < -0.3 is 24.6 Å². The normalized spacial score (nSPS) is 22.8. The fraction of sp³-hybridized carbons (Fsp3) is 0.304. The first-order valence-electron chi connectivity index (χ1n) is 9.93. The summed E-state index contributed by atoms with van der Waals surface area (Å²) in [4.78, 5) is 27.4. The molecule has 2 aromatic carbocycles. The first-order valence-corrected chi connectivity index (χ1v) is 10.3. The molecule has 2 fully saturated rings. The van der Waals surface area contributed by atoms with E-state index in [-0.39, 0.29) is 29.7 Å². The Morgan fingerprint density at radius 3 is 2.61 bits per heavy atom. The Morgan fingerprint density at radius 2 is 1.97 bits per heavy atom. The maximum atomic E-state index is 13.0. The summed E-state index contributed by atoms with van der Waals surface area (Å²) < 4.78 is 10.9. The summed E-state index contributed by atoms with van der Waals surface area (Å²) >= 11 is 6.08. The Kier molecular flexibility index (Phi) is 5.89. The lowest BCUT2D eigenvalue weighted by Crippen LogP contribution is -2.36. The maximum absolute atomic E-state index is 13.0. The zero-order valence-corrected chi connectivity index (χ0v) is 17.6. The van der Waals surface area contributed by atoms with Crippen molar-refractivity contribution < 1.29 is 29.3 Å². The highest BCUT2D eigenvalue weighted by Gasteiger charge is 2.47. The number of phenols is 1. The molecule has 31 heavy (non-hydrogen) atoms. The number of aliphatic hydroxyl groups is 1. The summed E-state index contributed by atoms with van der Waals surface area (Å²) in [6.45, 7) is 0.847. The van der Waals surface area contributed by atoms with Crippen LogP contribution in [0.1, 0.15) is 30.0 Å². The highest BCUT2D eigenvalue weighted by atomic mass is 35.5. The van der Waals surface area contributed by atoms with Crippen molar-refractivity contribution in [2.24, 2.45) is 0 Å². The molecular formula is C23H22ClNO6. The molecule has 4 rings (SSSR count). The van der Waals surface area contributed by atoms with Gasteiger partial charge in [0.25, 0.3) is 11.7 Å². The second kappa shape index (κ2) is 8.61. The summed E-state index contributed by atoms with van der Waals surface area (Å²) in [5, 5.41) is 21.1. The van der Waals surface area contributed by atoms with Crippen molar-refractivity contribution in [3.63, 3.8) is 0 Å². The number of ether oxygens (including phenoxy) is 2. The average Bonchev–Trinajstić information content (AvgIpc) is 3.37. The molecule has 2 aliphatic heterocycles. The van der Waals surface area contributed by atoms with Gasteiger partial charge in [-0.15, -0.1) is 0 Å². The lowest BCUT2D eigenvalue weighted by molar-refractivity contribution is -0.140. The van der Waals surface area contributed by atoms with E-state index in [0.29, 0.717) is 28.5 Å². The summed E-state index contributed by atoms with van der Waals surface area (Å²) in [6.07, 6.45) is 1.51. The van der Waals surface area contributed by atoms with Crippen LogP contribution in [0.3, 0.4) is 0 Å². The molecule has 0 aliphatic carbocycles. The van der Waals surface area contributed by atoms with E-state index in [1.165, 1.54) is 30.2 Å². The lowest BCUT2D eigenvalue weighted by Gasteiger charge is -2.27. The van der Waals surface area contributed by atoms with Gasteiger partial charge in [0.1, 0.15) is 17.3 Å². The Hall–Kier alpha value is -3.03. The SMILES string of the molecule is COc1cc(/C(O)=C2/C(=O)C(=O)N(CC3CCCO3)C2c2ccc(O)cc2)ccc1Cl. The lowest BCUT2D eigenvalue weighted by atomic mass is 9.95. The molecule has 0 aromatic heterocycles. The number of nitrogens with zero attached hydrogens (tertiary/aromatic N) is 1. The molecule has 0 radical (unpaired) electrons. The van der Waals surface area contributed by atoms with E-state index in [0.717, 1.165) is 12.8 Å². The highest BCUT2D eigenvalue weighted by molar-refractivity contribution is 6.46. The number of phenolic OH excluding ortho intramolecular Hbond substituents is 1. The zero-order valence-electron chi connectivity index (χ0n) is 16.9. The van der Waals surface area contributed by atoms with Crippen LogP contribution in [0.15, 0.2) is 48.0 Å². The number of amides is 1. The van der Waals surface area contributed by atoms with E-state index in [1.54, 1.807) is 24.3 Å². The van der Waals surface area contributed by atoms with Gasteiger partial charge >= 0.3 is 0 Å². The molecule has 1 amide bonds. The quantitative estimate of drug-likeness (QED) is 0.416. The van der Waals surface area contributed by atoms with Crippen LogP contribution in [0.25, 0.3) is 5.76 Å². The number of Topliss-reactive ketones (excluding diaryl/α,β-unsaturated/α-hetero) is 1. The van der Waals surface area contributed by atoms with Gasteiger partial charge in [0, 0.05) is 18.7 Å². The number of carbonyl (C=O) groups excluding carboxylic acids is 2. The number of carbonyl (C=O) groups is 2. The molecule has 8 heteroatoms. The van der Waals surface area contributed by atoms with Gasteiger partial charge in [0.05, 0.1) is 29.9 Å². The van der Waals surface area contributed by atoms with Crippen LogP contribution >= 0.6 is 11.6 Å². The Bertz CT molecular complexity index is 1040. The first-order chi connectivity index (χ1) is 14.9. The molecule has 0 bridgehead atoms. The predicted octanol–water partition coefficient (Wildman–Crippen LogP) is 3.65. The smallest absolute Gasteiger partial charge is 0.295 e. The van der Waals surface area contributed by atoms with Crippen LogP contribution in [0.4, 0.5) is 0 Å². The van der Waals surface area contributed by atoms with Crippen LogP contribution in [0.5, 0.6) is 11.5 Å². The van der Waals surface area contributed by atoms with Gasteiger partial charge in [-0.2, -0.15) is 0 Å². The molecule has 2 saturated heterocycles. The van der Waals surface area contributed by atoms with E-state index in [1.807, 2.05) is 0 Å². The molecule has 2 aliphatic rings. The summed E-state index contributed by atoms with van der Waals surface area (Å²) in [6, 6.07) is 10.0. The number of rotatable bonds is 5. The predicted molar refractivity (Wildman–Crippen MR) is 114 cm³/mol. The van der Waals surface area contributed by atoms with Crippen molar-refractivity contribution in [1.82, 2.24) is 4.90 Å². The zero-order chi connectivity index (χ0) is 22.1. The van der Waals surface area contributed by atoms with E-state index in [9.17, 15) is 19.8 Å². The minimum atomic E-state index is -0.813. The van der Waals surface area contributed by atoms with Crippen LogP contribution in [-0.2, 0) is 14.3 Å². The molecule has 0 saturated carbocycles. The molecule has 0 spiro atoms. The van der Waals surface area contributed by atoms with Crippen molar-refractivity contribution in [3.8, 4) is 11.5 Å². The fourth-order valence-electron chi connectivity index (χ4n) is 4.04. The number of aromatic hydroxyl groups is 1. The monoisotopic (exact) mass is 443 g/mol. The number of hydrogen-bond donors (Lipinski definition) is 2. The maximum Gasteiger partial charge on any atom is 0.295 e. The number of hydrogen-bond acceptors (Lipinski definition) is 6. The third kappa shape index (κ3) is 3.98. The van der Waals surface area contributed by atoms with E-state index in [2.05, 4.69) is 0 Å². The topological polar surface area (TPSA) is 96.3 Å². The minimum Gasteiger partial charge on any atom is -0.508 e. The van der Waals surface area contributed by atoms with Crippen molar-refractivity contribution >= 4 is 29.1 Å². The third-order valence-electron chi connectivity index (χ3n) is 5.60. The van der Waals surface area contributed by atoms with Crippen molar-refractivity contribution in [1.29, 1.82) is 0 Å². The van der Waals surface area contributed by atoms with Gasteiger partial charge in [0.2, 0.25) is 0 Å². The van der Waals surface area contributed by atoms with Crippen molar-refractivity contribution in [2.45, 2.75) is 25.0 Å². The van der Waals surface area contributed by atoms with Gasteiger partial charge in [-0.1, -0.05) is 23.7 Å². The second-order valence-corrected chi connectivity index (χ2v) is 7.93.